The molecule has 3 aromatic rings. The van der Waals surface area contributed by atoms with Gasteiger partial charge in [0.1, 0.15) is 17.5 Å². The molecule has 41 heavy (non-hydrogen) atoms. The number of ether oxygens (including phenoxy) is 2. The highest BCUT2D eigenvalue weighted by atomic mass is 16.5. The van der Waals surface area contributed by atoms with Gasteiger partial charge in [0, 0.05) is 29.2 Å². The van der Waals surface area contributed by atoms with Crippen LogP contribution in [0.2, 0.25) is 0 Å². The predicted octanol–water partition coefficient (Wildman–Crippen LogP) is 3.77. The molecule has 216 valence electrons. The van der Waals surface area contributed by atoms with E-state index in [0.717, 1.165) is 23.6 Å². The van der Waals surface area contributed by atoms with Gasteiger partial charge in [0.2, 0.25) is 5.96 Å². The van der Waals surface area contributed by atoms with Crippen molar-refractivity contribution in [3.63, 3.8) is 0 Å². The molecule has 8 N–H and O–H groups in total. The Morgan fingerprint density at radius 1 is 0.780 bits per heavy atom. The number of hydrogen-bond acceptors (Lipinski definition) is 7. The zero-order valence-corrected chi connectivity index (χ0v) is 23.3. The number of nitrogens with one attached hydrogen (secondary N) is 4. The van der Waals surface area contributed by atoms with E-state index in [9.17, 15) is 0 Å². The van der Waals surface area contributed by atoms with Crippen LogP contribution in [0.5, 0.6) is 0 Å². The number of benzene rings is 3. The van der Waals surface area contributed by atoms with Crippen molar-refractivity contribution < 1.29 is 9.47 Å². The van der Waals surface area contributed by atoms with E-state index in [1.165, 1.54) is 0 Å². The molecule has 3 rings (SSSR count). The molecule has 11 nitrogen and oxygen atoms in total. The number of para-hydroxylation sites is 2. The molecule has 0 aliphatic rings. The summed E-state index contributed by atoms with van der Waals surface area (Å²) in [6.07, 6.45) is 0. The van der Waals surface area contributed by atoms with Crippen molar-refractivity contribution in [3.8, 4) is 0 Å². The van der Waals surface area contributed by atoms with E-state index < -0.39 is 0 Å². The summed E-state index contributed by atoms with van der Waals surface area (Å²) in [4.78, 5) is 9.11. The molecule has 0 bridgehead atoms. The van der Waals surface area contributed by atoms with Gasteiger partial charge in [-0.2, -0.15) is 5.10 Å². The molecule has 0 unspecified atom stereocenters. The molecule has 0 amide bonds. The third kappa shape index (κ3) is 12.2. The van der Waals surface area contributed by atoms with E-state index >= 15 is 0 Å². The van der Waals surface area contributed by atoms with Crippen molar-refractivity contribution in [2.45, 2.75) is 6.92 Å². The Labute approximate surface area is 241 Å². The summed E-state index contributed by atoms with van der Waals surface area (Å²) in [5.41, 5.74) is 9.24. The Morgan fingerprint density at radius 2 is 1.39 bits per heavy atom. The molecule has 0 heterocycles. The van der Waals surface area contributed by atoms with Gasteiger partial charge in [0.25, 0.3) is 0 Å². The fourth-order valence-electron chi connectivity index (χ4n) is 3.51. The second-order valence-electron chi connectivity index (χ2n) is 8.72. The number of hydrazone groups is 1. The lowest BCUT2D eigenvalue weighted by Gasteiger charge is -2.16. The molecular weight excluding hydrogens is 518 g/mol. The second kappa shape index (κ2) is 17.7. The van der Waals surface area contributed by atoms with Gasteiger partial charge in [-0.05, 0) is 55.5 Å². The molecule has 0 fully saturated rings. The smallest absolute Gasteiger partial charge is 0.207 e. The van der Waals surface area contributed by atoms with Crippen LogP contribution in [0, 0.1) is 0 Å². The number of rotatable bonds is 15. The first-order valence-corrected chi connectivity index (χ1v) is 13.3. The number of amidine groups is 2. The van der Waals surface area contributed by atoms with Crippen molar-refractivity contribution in [3.05, 3.63) is 103 Å². The topological polar surface area (TPSA) is 156 Å². The highest BCUT2D eigenvalue weighted by molar-refractivity contribution is 6.03. The highest BCUT2D eigenvalue weighted by Crippen LogP contribution is 2.11. The molecule has 0 atom stereocenters. The van der Waals surface area contributed by atoms with E-state index in [0.29, 0.717) is 56.2 Å². The third-order valence-electron chi connectivity index (χ3n) is 5.49. The molecule has 0 saturated carbocycles. The molecule has 11 heteroatoms. The summed E-state index contributed by atoms with van der Waals surface area (Å²) in [7, 11) is 0. The summed E-state index contributed by atoms with van der Waals surface area (Å²) in [6, 6.07) is 27.1. The summed E-state index contributed by atoms with van der Waals surface area (Å²) in [6.45, 7) is 9.17. The Bertz CT molecular complexity index is 1280. The van der Waals surface area contributed by atoms with Crippen LogP contribution in [0.3, 0.4) is 0 Å². The van der Waals surface area contributed by atoms with Crippen LogP contribution in [-0.2, 0) is 9.47 Å². The maximum atomic E-state index is 5.79. The molecule has 0 saturated heterocycles. The predicted molar refractivity (Wildman–Crippen MR) is 169 cm³/mol. The van der Waals surface area contributed by atoms with Crippen molar-refractivity contribution >= 4 is 34.7 Å². The monoisotopic (exact) mass is 557 g/mol. The first-order valence-electron chi connectivity index (χ1n) is 13.3. The highest BCUT2D eigenvalue weighted by Gasteiger charge is 2.06. The molecule has 3 aromatic carbocycles. The van der Waals surface area contributed by atoms with Gasteiger partial charge in [-0.25, -0.2) is 4.99 Å². The lowest BCUT2D eigenvalue weighted by atomic mass is 10.2. The minimum Gasteiger partial charge on any atom is -0.383 e. The summed E-state index contributed by atoms with van der Waals surface area (Å²) in [5.74, 6) is 7.06. The van der Waals surface area contributed by atoms with Gasteiger partial charge in [0.05, 0.1) is 33.0 Å². The lowest BCUT2D eigenvalue weighted by Crippen LogP contribution is -2.33. The maximum absolute atomic E-state index is 5.79. The van der Waals surface area contributed by atoms with E-state index in [4.69, 9.17) is 21.1 Å². The minimum atomic E-state index is 0.251. The molecule has 0 aliphatic heterocycles. The Morgan fingerprint density at radius 3 is 2.05 bits per heavy atom. The SMILES string of the molecule is C=C(NC(=NC(C)=NCCOCCOCCNc1ccccc1)Nc1ccc(/C(N)=N/N)cc1)Nc1ccccc1. The van der Waals surface area contributed by atoms with E-state index in [-0.39, 0.29) is 5.84 Å². The standard InChI is InChI=1S/C30H39N9O2/c1-23(33-17-19-40-21-22-41-20-18-34-26-9-5-3-6-10-26)36-30(37-24(2)35-27-11-7-4-8-12-27)38-28-15-13-25(14-16-28)29(31)39-32/h3-16,34-35H,2,17-22,32H2,1H3,(H2,31,39)(H2,33,36,37,38). The minimum absolute atomic E-state index is 0.251. The molecular formula is C30H39N9O2. The number of hydrogen-bond donors (Lipinski definition) is 6. The average Bonchev–Trinajstić information content (AvgIpc) is 2.99. The number of aliphatic imine (C=N–C) groups is 2. The molecule has 0 radical (unpaired) electrons. The molecule has 0 spiro atoms. The number of nitrogens with zero attached hydrogens (tertiary/aromatic N) is 3. The summed E-state index contributed by atoms with van der Waals surface area (Å²) in [5, 5.41) is 16.5. The van der Waals surface area contributed by atoms with Gasteiger partial charge in [-0.1, -0.05) is 43.0 Å². The fraction of sp³-hybridized carbons (Fsp3) is 0.233. The van der Waals surface area contributed by atoms with E-state index in [1.54, 1.807) is 0 Å². The zero-order valence-electron chi connectivity index (χ0n) is 23.3. The third-order valence-corrected chi connectivity index (χ3v) is 5.49. The van der Waals surface area contributed by atoms with Crippen molar-refractivity contribution in [1.29, 1.82) is 0 Å². The van der Waals surface area contributed by atoms with Crippen LogP contribution in [0.15, 0.2) is 112 Å². The number of nitrogens with two attached hydrogens (primary N) is 2. The summed E-state index contributed by atoms with van der Waals surface area (Å²) >= 11 is 0. The Balaban J connectivity index is 1.46. The second-order valence-corrected chi connectivity index (χ2v) is 8.72. The van der Waals surface area contributed by atoms with Crippen LogP contribution in [-0.4, -0.2) is 57.1 Å². The van der Waals surface area contributed by atoms with Crippen LogP contribution >= 0.6 is 0 Å². The lowest BCUT2D eigenvalue weighted by molar-refractivity contribution is 0.0549. The normalized spacial score (nSPS) is 12.1. The maximum Gasteiger partial charge on any atom is 0.207 e. The average molecular weight is 558 g/mol. The van der Waals surface area contributed by atoms with Gasteiger partial charge < -0.3 is 42.3 Å². The number of anilines is 3. The Hall–Kier alpha value is -4.87. The van der Waals surface area contributed by atoms with Crippen LogP contribution in [0.1, 0.15) is 12.5 Å². The largest absolute Gasteiger partial charge is 0.383 e. The van der Waals surface area contributed by atoms with E-state index in [2.05, 4.69) is 42.9 Å². The van der Waals surface area contributed by atoms with Crippen LogP contribution in [0.4, 0.5) is 17.1 Å². The first-order chi connectivity index (χ1) is 20.0. The zero-order chi connectivity index (χ0) is 29.1. The van der Waals surface area contributed by atoms with Crippen molar-refractivity contribution in [2.75, 3.05) is 55.5 Å². The van der Waals surface area contributed by atoms with Crippen LogP contribution < -0.4 is 32.8 Å². The van der Waals surface area contributed by atoms with Crippen molar-refractivity contribution in [2.24, 2.45) is 26.7 Å². The van der Waals surface area contributed by atoms with Crippen LogP contribution in [0.25, 0.3) is 0 Å². The first kappa shape index (κ1) is 30.7. The molecule has 0 aromatic heterocycles. The van der Waals surface area contributed by atoms with Crippen molar-refractivity contribution in [1.82, 2.24) is 5.32 Å². The van der Waals surface area contributed by atoms with Gasteiger partial charge >= 0.3 is 0 Å². The fourth-order valence-corrected chi connectivity index (χ4v) is 3.51. The van der Waals surface area contributed by atoms with E-state index in [1.807, 2.05) is 91.9 Å². The summed E-state index contributed by atoms with van der Waals surface area (Å²) < 4.78 is 11.2. The van der Waals surface area contributed by atoms with Gasteiger partial charge in [-0.3, -0.25) is 4.99 Å². The van der Waals surface area contributed by atoms with Gasteiger partial charge in [0.15, 0.2) is 0 Å². The van der Waals surface area contributed by atoms with Gasteiger partial charge in [-0.15, -0.1) is 0 Å². The number of guanidine groups is 1. The Kier molecular flexibility index (Phi) is 13.2. The molecule has 0 aliphatic carbocycles. The quantitative estimate of drug-likeness (QED) is 0.0542.